The minimum Gasteiger partial charge on any atom is -0.462 e. The normalized spacial score (nSPS) is 10.6. The number of fused-ring (bicyclic) bond motifs is 2. The van der Waals surface area contributed by atoms with Gasteiger partial charge in [-0.1, -0.05) is 97.1 Å². The quantitative estimate of drug-likeness (QED) is 0.130. The molecule has 0 saturated carbocycles. The number of aromatic nitrogens is 6. The maximum atomic E-state index is 13.4. The lowest BCUT2D eigenvalue weighted by atomic mass is 10.1. The molecule has 0 bridgehead atoms. The first-order chi connectivity index (χ1) is 28.0. The molecule has 4 aromatic heterocycles. The summed E-state index contributed by atoms with van der Waals surface area (Å²) in [5, 5.41) is 7.53. The summed E-state index contributed by atoms with van der Waals surface area (Å²) in [6.07, 6.45) is 5.91. The molecule has 4 aromatic carbocycles. The summed E-state index contributed by atoms with van der Waals surface area (Å²) < 4.78 is 7.39. The highest BCUT2D eigenvalue weighted by atomic mass is 16.7. The van der Waals surface area contributed by atoms with Crippen molar-refractivity contribution in [2.45, 2.75) is 20.1 Å². The van der Waals surface area contributed by atoms with Crippen LogP contribution >= 0.6 is 0 Å². The van der Waals surface area contributed by atoms with Crippen LogP contribution in [0.4, 0.5) is 22.7 Å². The number of carbonyl (C=O) groups excluding carboxylic acids is 1. The first-order valence-electron chi connectivity index (χ1n) is 17.9. The fraction of sp³-hybridized carbons (Fsp3) is 0.0930. The number of hydrogen-bond acceptors (Lipinski definition) is 12. The molecule has 0 unspecified atom stereocenters. The molecule has 0 aliphatic heterocycles. The van der Waals surface area contributed by atoms with Crippen molar-refractivity contribution in [1.82, 2.24) is 29.4 Å². The van der Waals surface area contributed by atoms with E-state index in [1.165, 1.54) is 29.6 Å². The van der Waals surface area contributed by atoms with Crippen molar-refractivity contribution in [3.05, 3.63) is 190 Å². The van der Waals surface area contributed by atoms with Crippen LogP contribution in [0.5, 0.6) is 0 Å². The molecule has 14 heteroatoms. The van der Waals surface area contributed by atoms with Gasteiger partial charge in [0.1, 0.15) is 25.9 Å². The van der Waals surface area contributed by atoms with Crippen molar-refractivity contribution >= 4 is 50.8 Å². The molecule has 0 fully saturated rings. The van der Waals surface area contributed by atoms with Crippen molar-refractivity contribution in [1.29, 1.82) is 0 Å². The Morgan fingerprint density at radius 3 is 1.68 bits per heavy atom. The van der Waals surface area contributed by atoms with Gasteiger partial charge in [0.25, 0.3) is 5.56 Å². The smallest absolute Gasteiger partial charge is 0.346 e. The molecule has 8 aromatic rings. The van der Waals surface area contributed by atoms with Gasteiger partial charge >= 0.3 is 11.5 Å². The average Bonchev–Trinajstić information content (AvgIpc) is 3.25. The number of hydrogen-bond donors (Lipinski definition) is 2. The molecule has 0 amide bonds. The molecule has 14 nitrogen and oxygen atoms in total. The number of benzene rings is 4. The van der Waals surface area contributed by atoms with Crippen molar-refractivity contribution in [3.8, 4) is 0 Å². The molecule has 57 heavy (non-hydrogen) atoms. The highest BCUT2D eigenvalue weighted by Gasteiger charge is 2.25. The predicted octanol–water partition coefficient (Wildman–Crippen LogP) is 6.50. The Balaban J connectivity index is 0.000000177. The minimum atomic E-state index is -0.756. The number of anilines is 4. The number of nitrogens with one attached hydrogen (secondary N) is 2. The van der Waals surface area contributed by atoms with E-state index in [-0.39, 0.29) is 42.3 Å². The number of nitrogens with zero attached hydrogens (tertiary/aromatic N) is 6. The number of rotatable bonds is 12. The summed E-state index contributed by atoms with van der Waals surface area (Å²) in [5.41, 5.74) is 3.81. The van der Waals surface area contributed by atoms with Crippen LogP contribution in [0.3, 0.4) is 0 Å². The lowest BCUT2D eigenvalue weighted by Crippen LogP contribution is -2.33. The van der Waals surface area contributed by atoms with Crippen molar-refractivity contribution in [2.75, 3.05) is 17.2 Å². The molecule has 284 valence electrons. The van der Waals surface area contributed by atoms with Gasteiger partial charge in [0.15, 0.2) is 16.9 Å². The second-order valence-electron chi connectivity index (χ2n) is 12.3. The Morgan fingerprint density at radius 2 is 1.12 bits per heavy atom. The Labute approximate surface area is 325 Å². The van der Waals surface area contributed by atoms with Crippen LogP contribution in [-0.4, -0.2) is 42.0 Å². The van der Waals surface area contributed by atoms with Crippen LogP contribution in [0.25, 0.3) is 22.1 Å². The second-order valence-corrected chi connectivity index (χ2v) is 12.3. The first kappa shape index (κ1) is 37.4. The zero-order valence-corrected chi connectivity index (χ0v) is 30.7. The molecule has 8 rings (SSSR count). The molecular formula is C43H36N8O6. The summed E-state index contributed by atoms with van der Waals surface area (Å²) in [7, 11) is 0. The molecule has 4 heterocycles. The van der Waals surface area contributed by atoms with Gasteiger partial charge in [0, 0.05) is 29.8 Å². The topological polar surface area (TPSA) is 164 Å². The zero-order chi connectivity index (χ0) is 39.4. The van der Waals surface area contributed by atoms with Crippen molar-refractivity contribution < 1.29 is 19.2 Å². The summed E-state index contributed by atoms with van der Waals surface area (Å²) >= 11 is 0. The van der Waals surface area contributed by atoms with E-state index in [2.05, 4.69) is 30.6 Å². The SMILES string of the molecule is CCOC(=O)c1c(Nc2ccccc2)c2cncnc2n(OCc2ccccc2)c1=O.O=c1cc(Nc2ccccc2)c2cncnc2n1OCc1ccccc1. The Bertz CT molecular complexity index is 2710. The molecule has 0 spiro atoms. The monoisotopic (exact) mass is 760 g/mol. The van der Waals surface area contributed by atoms with Gasteiger partial charge in [0.2, 0.25) is 0 Å². The van der Waals surface area contributed by atoms with Crippen LogP contribution in [-0.2, 0) is 18.0 Å². The number of pyridine rings is 2. The van der Waals surface area contributed by atoms with Crippen LogP contribution < -0.4 is 31.4 Å². The largest absolute Gasteiger partial charge is 0.462 e. The Morgan fingerprint density at radius 1 is 0.632 bits per heavy atom. The van der Waals surface area contributed by atoms with Crippen LogP contribution in [0.2, 0.25) is 0 Å². The van der Waals surface area contributed by atoms with E-state index in [0.717, 1.165) is 21.5 Å². The van der Waals surface area contributed by atoms with Gasteiger partial charge in [-0.05, 0) is 42.3 Å². The van der Waals surface area contributed by atoms with E-state index < -0.39 is 11.5 Å². The van der Waals surface area contributed by atoms with Gasteiger partial charge in [0.05, 0.1) is 28.8 Å². The minimum absolute atomic E-state index is 0.119. The zero-order valence-electron chi connectivity index (χ0n) is 30.7. The Hall–Kier alpha value is -7.87. The van der Waals surface area contributed by atoms with Crippen LogP contribution in [0.15, 0.2) is 162 Å². The molecule has 0 atom stereocenters. The molecule has 0 aliphatic rings. The number of para-hydroxylation sites is 2. The lowest BCUT2D eigenvalue weighted by Gasteiger charge is -2.17. The van der Waals surface area contributed by atoms with Crippen LogP contribution in [0, 0.1) is 0 Å². The van der Waals surface area contributed by atoms with Crippen molar-refractivity contribution in [3.63, 3.8) is 0 Å². The molecule has 2 N–H and O–H groups in total. The summed E-state index contributed by atoms with van der Waals surface area (Å²) in [6, 6.07) is 39.4. The van der Waals surface area contributed by atoms with E-state index in [0.29, 0.717) is 27.8 Å². The summed E-state index contributed by atoms with van der Waals surface area (Å²) in [5.74, 6) is -0.756. The fourth-order valence-electron chi connectivity index (χ4n) is 5.78. The molecular weight excluding hydrogens is 725 g/mol. The second kappa shape index (κ2) is 18.0. The van der Waals surface area contributed by atoms with E-state index in [1.54, 1.807) is 13.1 Å². The third-order valence-electron chi connectivity index (χ3n) is 8.42. The predicted molar refractivity (Wildman–Crippen MR) is 216 cm³/mol. The van der Waals surface area contributed by atoms with E-state index in [9.17, 15) is 14.4 Å². The molecule has 0 radical (unpaired) electrons. The maximum Gasteiger partial charge on any atom is 0.346 e. The van der Waals surface area contributed by atoms with E-state index in [1.807, 2.05) is 121 Å². The van der Waals surface area contributed by atoms with Gasteiger partial charge in [-0.2, -0.15) is 0 Å². The first-order valence-corrected chi connectivity index (χ1v) is 17.9. The lowest BCUT2D eigenvalue weighted by molar-refractivity contribution is 0.0513. The summed E-state index contributed by atoms with van der Waals surface area (Å²) in [6.45, 7) is 2.19. The average molecular weight is 761 g/mol. The summed E-state index contributed by atoms with van der Waals surface area (Å²) in [4.78, 5) is 66.9. The Kier molecular flexibility index (Phi) is 11.8. The van der Waals surface area contributed by atoms with Gasteiger partial charge < -0.3 is 25.0 Å². The van der Waals surface area contributed by atoms with Crippen LogP contribution in [0.1, 0.15) is 28.4 Å². The third-order valence-corrected chi connectivity index (χ3v) is 8.42. The number of ether oxygens (including phenoxy) is 1. The van der Waals surface area contributed by atoms with Gasteiger partial charge in [-0.25, -0.2) is 24.7 Å². The highest BCUT2D eigenvalue weighted by Crippen LogP contribution is 2.28. The van der Waals surface area contributed by atoms with Gasteiger partial charge in [-0.15, -0.1) is 9.46 Å². The van der Waals surface area contributed by atoms with Crippen molar-refractivity contribution in [2.24, 2.45) is 0 Å². The number of carbonyl (C=O) groups is 1. The van der Waals surface area contributed by atoms with Gasteiger partial charge in [-0.3, -0.25) is 9.59 Å². The molecule has 0 aliphatic carbocycles. The maximum absolute atomic E-state index is 13.4. The molecule has 0 saturated heterocycles. The standard InChI is InChI=1S/C23H20N4O4.C20H16N4O2/c1-2-30-23(29)19-20(26-17-11-7-4-8-12-17)18-13-24-15-25-21(18)27(22(19)28)31-14-16-9-5-3-6-10-16;25-19-11-18(23-16-9-5-2-6-10-16)17-12-21-14-22-20(17)24(19)26-13-15-7-3-1-4-8-15/h3-13,15,26H,2,14H2,1H3;1-12,14,23H,13H2. The third kappa shape index (κ3) is 8.92. The fourth-order valence-corrected chi connectivity index (χ4v) is 5.78. The number of esters is 1. The van der Waals surface area contributed by atoms with E-state index >= 15 is 0 Å². The highest BCUT2D eigenvalue weighted by molar-refractivity contribution is 6.05. The van der Waals surface area contributed by atoms with E-state index in [4.69, 9.17) is 14.4 Å².